The number of benzene rings is 2. The van der Waals surface area contributed by atoms with Gasteiger partial charge >= 0.3 is 11.7 Å². The molecule has 4 aromatic rings. The number of amides is 1. The molecule has 2 heterocycles. The quantitative estimate of drug-likeness (QED) is 0.373. The first-order valence-corrected chi connectivity index (χ1v) is 11.2. The first-order chi connectivity index (χ1) is 17.2. The van der Waals surface area contributed by atoms with Crippen molar-refractivity contribution in [2.75, 3.05) is 6.61 Å². The van der Waals surface area contributed by atoms with Gasteiger partial charge in [-0.15, -0.1) is 0 Å². The third-order valence-electron chi connectivity index (χ3n) is 5.17. The second kappa shape index (κ2) is 9.98. The standard InChI is InChI=1S/C25H24FN5O5/c1-4-35-19(32)13-30-21-20(22(27)33)28-23(17-7-5-6-8-18(17)36-14(2)3)29-24(21)31(25(30)34)16-11-9-15(26)10-12-16/h5-12,14H,4,13H2,1-3H3,(H2,27,33). The van der Waals surface area contributed by atoms with Crippen LogP contribution in [-0.4, -0.2) is 43.7 Å². The fourth-order valence-electron chi connectivity index (χ4n) is 3.76. The van der Waals surface area contributed by atoms with E-state index < -0.39 is 29.9 Å². The number of carbonyl (C=O) groups excluding carboxylic acids is 2. The van der Waals surface area contributed by atoms with Gasteiger partial charge < -0.3 is 15.2 Å². The van der Waals surface area contributed by atoms with Gasteiger partial charge in [0.05, 0.1) is 24.0 Å². The van der Waals surface area contributed by atoms with Crippen LogP contribution < -0.4 is 16.2 Å². The van der Waals surface area contributed by atoms with Gasteiger partial charge in [0.15, 0.2) is 17.2 Å². The van der Waals surface area contributed by atoms with Crippen LogP contribution in [0.3, 0.4) is 0 Å². The van der Waals surface area contributed by atoms with E-state index in [1.807, 2.05) is 13.8 Å². The Hall–Kier alpha value is -4.54. The maximum atomic E-state index is 13.6. The largest absolute Gasteiger partial charge is 0.490 e. The van der Waals surface area contributed by atoms with Crippen molar-refractivity contribution in [3.63, 3.8) is 0 Å². The van der Waals surface area contributed by atoms with Crippen LogP contribution in [0.2, 0.25) is 0 Å². The Bertz CT molecular complexity index is 1510. The van der Waals surface area contributed by atoms with Crippen LogP contribution in [0.1, 0.15) is 31.3 Å². The van der Waals surface area contributed by atoms with E-state index >= 15 is 0 Å². The molecule has 0 spiro atoms. The van der Waals surface area contributed by atoms with Gasteiger partial charge in [0.25, 0.3) is 5.91 Å². The molecule has 0 aliphatic carbocycles. The Balaban J connectivity index is 2.08. The molecule has 11 heteroatoms. The number of carbonyl (C=O) groups is 2. The monoisotopic (exact) mass is 493 g/mol. The van der Waals surface area contributed by atoms with E-state index in [1.54, 1.807) is 31.2 Å². The zero-order valence-electron chi connectivity index (χ0n) is 19.9. The highest BCUT2D eigenvalue weighted by molar-refractivity contribution is 6.02. The highest BCUT2D eigenvalue weighted by atomic mass is 19.1. The Morgan fingerprint density at radius 3 is 2.42 bits per heavy atom. The Kier molecular flexibility index (Phi) is 6.82. The number of ether oxygens (including phenoxy) is 2. The summed E-state index contributed by atoms with van der Waals surface area (Å²) in [6.45, 7) is 4.94. The average molecular weight is 493 g/mol. The maximum absolute atomic E-state index is 13.6. The van der Waals surface area contributed by atoms with Gasteiger partial charge in [0.2, 0.25) is 0 Å². The van der Waals surface area contributed by atoms with Crippen LogP contribution in [-0.2, 0) is 16.1 Å². The second-order valence-electron chi connectivity index (χ2n) is 8.08. The minimum atomic E-state index is -0.931. The molecule has 36 heavy (non-hydrogen) atoms. The fraction of sp³-hybridized carbons (Fsp3) is 0.240. The van der Waals surface area contributed by atoms with Crippen molar-refractivity contribution in [1.82, 2.24) is 19.1 Å². The molecule has 0 aliphatic heterocycles. The topological polar surface area (TPSA) is 131 Å². The molecule has 0 saturated carbocycles. The summed E-state index contributed by atoms with van der Waals surface area (Å²) in [5, 5.41) is 0. The van der Waals surface area contributed by atoms with Gasteiger partial charge in [-0.3, -0.25) is 14.2 Å². The average Bonchev–Trinajstić information content (AvgIpc) is 3.10. The molecule has 0 fully saturated rings. The summed E-state index contributed by atoms with van der Waals surface area (Å²) in [5.74, 6) is -1.59. The number of aromatic nitrogens is 4. The van der Waals surface area contributed by atoms with Gasteiger partial charge in [0.1, 0.15) is 23.6 Å². The molecule has 2 aromatic carbocycles. The lowest BCUT2D eigenvalue weighted by molar-refractivity contribution is -0.143. The predicted molar refractivity (Wildman–Crippen MR) is 129 cm³/mol. The fourth-order valence-corrected chi connectivity index (χ4v) is 3.76. The lowest BCUT2D eigenvalue weighted by Gasteiger charge is -2.14. The van der Waals surface area contributed by atoms with Gasteiger partial charge in [0, 0.05) is 0 Å². The third kappa shape index (κ3) is 4.67. The molecule has 0 atom stereocenters. The van der Waals surface area contributed by atoms with Gasteiger partial charge in [-0.2, -0.15) is 0 Å². The van der Waals surface area contributed by atoms with E-state index in [0.29, 0.717) is 11.3 Å². The molecular weight excluding hydrogens is 469 g/mol. The number of nitrogens with zero attached hydrogens (tertiary/aromatic N) is 4. The van der Waals surface area contributed by atoms with Gasteiger partial charge in [-0.05, 0) is 57.2 Å². The summed E-state index contributed by atoms with van der Waals surface area (Å²) < 4.78 is 26.7. The van der Waals surface area contributed by atoms with E-state index in [-0.39, 0.29) is 41.1 Å². The summed E-state index contributed by atoms with van der Waals surface area (Å²) >= 11 is 0. The molecule has 10 nitrogen and oxygen atoms in total. The number of para-hydroxylation sites is 1. The van der Waals surface area contributed by atoms with Crippen LogP contribution in [0, 0.1) is 5.82 Å². The van der Waals surface area contributed by atoms with Crippen molar-refractivity contribution in [3.05, 3.63) is 70.5 Å². The molecule has 2 N–H and O–H groups in total. The van der Waals surface area contributed by atoms with Crippen molar-refractivity contribution in [2.45, 2.75) is 33.4 Å². The number of rotatable bonds is 8. The molecule has 4 rings (SSSR count). The second-order valence-corrected chi connectivity index (χ2v) is 8.08. The number of halogens is 1. The van der Waals surface area contributed by atoms with Crippen LogP contribution in [0.25, 0.3) is 28.2 Å². The van der Waals surface area contributed by atoms with E-state index in [4.69, 9.17) is 15.2 Å². The van der Waals surface area contributed by atoms with E-state index in [9.17, 15) is 18.8 Å². The molecule has 0 aliphatic rings. The number of hydrogen-bond donors (Lipinski definition) is 1. The van der Waals surface area contributed by atoms with E-state index in [2.05, 4.69) is 9.97 Å². The van der Waals surface area contributed by atoms with Crippen molar-refractivity contribution < 1.29 is 23.5 Å². The highest BCUT2D eigenvalue weighted by Gasteiger charge is 2.26. The molecule has 186 valence electrons. The number of fused-ring (bicyclic) bond motifs is 1. The van der Waals surface area contributed by atoms with Crippen molar-refractivity contribution in [1.29, 1.82) is 0 Å². The number of primary amides is 1. The molecule has 2 aromatic heterocycles. The van der Waals surface area contributed by atoms with Gasteiger partial charge in [-0.25, -0.2) is 23.7 Å². The summed E-state index contributed by atoms with van der Waals surface area (Å²) in [4.78, 5) is 47.3. The van der Waals surface area contributed by atoms with Crippen molar-refractivity contribution >= 4 is 23.0 Å². The third-order valence-corrected chi connectivity index (χ3v) is 5.17. The van der Waals surface area contributed by atoms with Crippen molar-refractivity contribution in [3.8, 4) is 22.8 Å². The van der Waals surface area contributed by atoms with E-state index in [0.717, 1.165) is 9.13 Å². The number of hydrogen-bond acceptors (Lipinski definition) is 7. The molecule has 0 bridgehead atoms. The number of imidazole rings is 1. The van der Waals surface area contributed by atoms with Crippen molar-refractivity contribution in [2.24, 2.45) is 5.73 Å². The first-order valence-electron chi connectivity index (χ1n) is 11.2. The van der Waals surface area contributed by atoms with Gasteiger partial charge in [-0.1, -0.05) is 12.1 Å². The van der Waals surface area contributed by atoms with Crippen LogP contribution in [0.4, 0.5) is 4.39 Å². The van der Waals surface area contributed by atoms with Crippen LogP contribution in [0.15, 0.2) is 53.3 Å². The first kappa shape index (κ1) is 24.6. The lowest BCUT2D eigenvalue weighted by Crippen LogP contribution is -2.28. The summed E-state index contributed by atoms with van der Waals surface area (Å²) in [6.07, 6.45) is -0.159. The lowest BCUT2D eigenvalue weighted by atomic mass is 10.1. The van der Waals surface area contributed by atoms with E-state index in [1.165, 1.54) is 24.3 Å². The van der Waals surface area contributed by atoms with Crippen LogP contribution >= 0.6 is 0 Å². The molecule has 0 unspecified atom stereocenters. The Labute approximate surface area is 205 Å². The number of nitrogens with two attached hydrogens (primary N) is 1. The molecule has 0 radical (unpaired) electrons. The summed E-state index contributed by atoms with van der Waals surface area (Å²) in [6, 6.07) is 12.1. The summed E-state index contributed by atoms with van der Waals surface area (Å²) in [5.41, 5.74) is 5.39. The minimum absolute atomic E-state index is 0.00839. The summed E-state index contributed by atoms with van der Waals surface area (Å²) in [7, 11) is 0. The Morgan fingerprint density at radius 2 is 1.78 bits per heavy atom. The SMILES string of the molecule is CCOC(=O)Cn1c(=O)n(-c2ccc(F)cc2)c2nc(-c3ccccc3OC(C)C)nc(C(N)=O)c21. The highest BCUT2D eigenvalue weighted by Crippen LogP contribution is 2.30. The predicted octanol–water partition coefficient (Wildman–Crippen LogP) is 2.84. The normalized spacial score (nSPS) is 11.1. The zero-order chi connectivity index (χ0) is 26.0. The zero-order valence-corrected chi connectivity index (χ0v) is 19.9. The Morgan fingerprint density at radius 1 is 1.08 bits per heavy atom. The maximum Gasteiger partial charge on any atom is 0.335 e. The molecular formula is C25H24FN5O5. The molecule has 0 saturated heterocycles. The van der Waals surface area contributed by atoms with Crippen LogP contribution in [0.5, 0.6) is 5.75 Å². The number of esters is 1. The smallest absolute Gasteiger partial charge is 0.335 e. The molecule has 1 amide bonds. The minimum Gasteiger partial charge on any atom is -0.490 e.